The Labute approximate surface area is 145 Å². The van der Waals surface area contributed by atoms with Crippen molar-refractivity contribution < 1.29 is 9.53 Å². The fourth-order valence-electron chi connectivity index (χ4n) is 2.47. The van der Waals surface area contributed by atoms with Crippen molar-refractivity contribution in [2.75, 3.05) is 23.8 Å². The maximum atomic E-state index is 12.3. The van der Waals surface area contributed by atoms with Gasteiger partial charge in [0.15, 0.2) is 0 Å². The molecule has 3 rings (SSSR count). The number of aryl methyl sites for hydroxylation is 1. The molecule has 24 heavy (non-hydrogen) atoms. The molecule has 0 radical (unpaired) electrons. The normalized spacial score (nSPS) is 16.8. The standard InChI is InChI=1S/C17H19ClN4O2/c1-11-4-5-13(18)7-15(11)22-16(23)12-8-19-17(20-9-12)21-10-14-3-2-6-24-14/h4-5,7-9,14H,2-3,6,10H2,1H3,(H,22,23)(H,19,20,21). The highest BCUT2D eigenvalue weighted by atomic mass is 35.5. The summed E-state index contributed by atoms with van der Waals surface area (Å²) in [5.74, 6) is 0.215. The van der Waals surface area contributed by atoms with E-state index in [-0.39, 0.29) is 12.0 Å². The predicted octanol–water partition coefficient (Wildman–Crippen LogP) is 3.28. The highest BCUT2D eigenvalue weighted by molar-refractivity contribution is 6.31. The number of aromatic nitrogens is 2. The van der Waals surface area contributed by atoms with Crippen LogP contribution in [0.5, 0.6) is 0 Å². The molecule has 1 unspecified atom stereocenters. The Morgan fingerprint density at radius 2 is 2.17 bits per heavy atom. The fourth-order valence-corrected chi connectivity index (χ4v) is 2.64. The third kappa shape index (κ3) is 4.21. The lowest BCUT2D eigenvalue weighted by Crippen LogP contribution is -2.20. The maximum absolute atomic E-state index is 12.3. The molecule has 6 nitrogen and oxygen atoms in total. The first-order chi connectivity index (χ1) is 11.6. The first-order valence-electron chi connectivity index (χ1n) is 7.87. The van der Waals surface area contributed by atoms with Gasteiger partial charge in [-0.3, -0.25) is 4.79 Å². The number of anilines is 2. The summed E-state index contributed by atoms with van der Waals surface area (Å²) in [4.78, 5) is 20.6. The molecule has 2 N–H and O–H groups in total. The minimum atomic E-state index is -0.272. The SMILES string of the molecule is Cc1ccc(Cl)cc1NC(=O)c1cnc(NCC2CCCO2)nc1. The lowest BCUT2D eigenvalue weighted by Gasteiger charge is -2.11. The smallest absolute Gasteiger partial charge is 0.258 e. The van der Waals surface area contributed by atoms with Crippen LogP contribution in [0.1, 0.15) is 28.8 Å². The van der Waals surface area contributed by atoms with Crippen molar-refractivity contribution in [2.24, 2.45) is 0 Å². The Hall–Kier alpha value is -2.18. The summed E-state index contributed by atoms with van der Waals surface area (Å²) in [5, 5.41) is 6.51. The van der Waals surface area contributed by atoms with Gasteiger partial charge < -0.3 is 15.4 Å². The van der Waals surface area contributed by atoms with E-state index in [2.05, 4.69) is 20.6 Å². The Bertz CT molecular complexity index is 715. The number of carbonyl (C=O) groups is 1. The summed E-state index contributed by atoms with van der Waals surface area (Å²) >= 11 is 5.96. The number of halogens is 1. The van der Waals surface area contributed by atoms with Crippen molar-refractivity contribution in [3.63, 3.8) is 0 Å². The topological polar surface area (TPSA) is 76.1 Å². The molecular formula is C17H19ClN4O2. The molecule has 7 heteroatoms. The van der Waals surface area contributed by atoms with E-state index in [9.17, 15) is 4.79 Å². The van der Waals surface area contributed by atoms with Crippen LogP contribution in [0, 0.1) is 6.92 Å². The zero-order chi connectivity index (χ0) is 16.9. The lowest BCUT2D eigenvalue weighted by atomic mass is 10.2. The molecule has 1 atom stereocenters. The van der Waals surface area contributed by atoms with E-state index in [0.717, 1.165) is 25.0 Å². The van der Waals surface area contributed by atoms with Gasteiger partial charge in [-0.25, -0.2) is 9.97 Å². The first kappa shape index (κ1) is 16.7. The number of carbonyl (C=O) groups excluding carboxylic acids is 1. The van der Waals surface area contributed by atoms with E-state index in [1.54, 1.807) is 12.1 Å². The van der Waals surface area contributed by atoms with Gasteiger partial charge in [-0.05, 0) is 37.5 Å². The highest BCUT2D eigenvalue weighted by Gasteiger charge is 2.15. The summed E-state index contributed by atoms with van der Waals surface area (Å²) in [6, 6.07) is 5.35. The second-order valence-corrected chi connectivity index (χ2v) is 6.16. The number of benzene rings is 1. The van der Waals surface area contributed by atoms with Crippen LogP contribution in [-0.2, 0) is 4.74 Å². The summed E-state index contributed by atoms with van der Waals surface area (Å²) < 4.78 is 5.53. The monoisotopic (exact) mass is 346 g/mol. The van der Waals surface area contributed by atoms with Crippen molar-refractivity contribution in [3.8, 4) is 0 Å². The molecule has 126 valence electrons. The number of amides is 1. The van der Waals surface area contributed by atoms with Gasteiger partial charge in [0.2, 0.25) is 5.95 Å². The maximum Gasteiger partial charge on any atom is 0.258 e. The summed E-state index contributed by atoms with van der Waals surface area (Å²) in [5.41, 5.74) is 1.99. The molecule has 0 aliphatic carbocycles. The number of ether oxygens (including phenoxy) is 1. The molecule has 1 fully saturated rings. The van der Waals surface area contributed by atoms with Gasteiger partial charge in [-0.15, -0.1) is 0 Å². The molecule has 1 aliphatic rings. The molecule has 1 aromatic heterocycles. The van der Waals surface area contributed by atoms with Crippen molar-refractivity contribution >= 4 is 29.1 Å². The lowest BCUT2D eigenvalue weighted by molar-refractivity contribution is 0.102. The number of nitrogens with one attached hydrogen (secondary N) is 2. The molecule has 2 aromatic rings. The van der Waals surface area contributed by atoms with Crippen LogP contribution in [0.4, 0.5) is 11.6 Å². The average Bonchev–Trinajstić information content (AvgIpc) is 3.10. The van der Waals surface area contributed by atoms with Gasteiger partial charge >= 0.3 is 0 Å². The van der Waals surface area contributed by atoms with Crippen LogP contribution in [-0.4, -0.2) is 35.1 Å². The minimum Gasteiger partial charge on any atom is -0.376 e. The molecule has 1 aromatic carbocycles. The molecule has 1 amide bonds. The van der Waals surface area contributed by atoms with E-state index in [4.69, 9.17) is 16.3 Å². The van der Waals surface area contributed by atoms with Crippen LogP contribution < -0.4 is 10.6 Å². The van der Waals surface area contributed by atoms with E-state index in [1.165, 1.54) is 12.4 Å². The zero-order valence-electron chi connectivity index (χ0n) is 13.4. The fraction of sp³-hybridized carbons (Fsp3) is 0.353. The van der Waals surface area contributed by atoms with Crippen molar-refractivity contribution in [3.05, 3.63) is 46.7 Å². The van der Waals surface area contributed by atoms with E-state index >= 15 is 0 Å². The largest absolute Gasteiger partial charge is 0.376 e. The van der Waals surface area contributed by atoms with Crippen LogP contribution in [0.15, 0.2) is 30.6 Å². The van der Waals surface area contributed by atoms with Gasteiger partial charge in [-0.2, -0.15) is 0 Å². The van der Waals surface area contributed by atoms with Crippen LogP contribution in [0.3, 0.4) is 0 Å². The molecule has 1 aliphatic heterocycles. The zero-order valence-corrected chi connectivity index (χ0v) is 14.1. The first-order valence-corrected chi connectivity index (χ1v) is 8.24. The molecule has 0 bridgehead atoms. The Morgan fingerprint density at radius 3 is 2.88 bits per heavy atom. The molecular weight excluding hydrogens is 328 g/mol. The predicted molar refractivity (Wildman–Crippen MR) is 93.6 cm³/mol. The molecule has 0 spiro atoms. The minimum absolute atomic E-state index is 0.211. The Kier molecular flexibility index (Phi) is 5.27. The summed E-state index contributed by atoms with van der Waals surface area (Å²) in [7, 11) is 0. The van der Waals surface area contributed by atoms with Crippen LogP contribution in [0.25, 0.3) is 0 Å². The Balaban J connectivity index is 1.59. The van der Waals surface area contributed by atoms with Crippen molar-refractivity contribution in [1.29, 1.82) is 0 Å². The Morgan fingerprint density at radius 1 is 1.38 bits per heavy atom. The highest BCUT2D eigenvalue weighted by Crippen LogP contribution is 2.20. The number of nitrogens with zero attached hydrogens (tertiary/aromatic N) is 2. The molecule has 1 saturated heterocycles. The number of rotatable bonds is 5. The third-order valence-electron chi connectivity index (χ3n) is 3.87. The quantitative estimate of drug-likeness (QED) is 0.868. The van der Waals surface area contributed by atoms with Crippen molar-refractivity contribution in [2.45, 2.75) is 25.9 Å². The van der Waals surface area contributed by atoms with Gasteiger partial charge in [-0.1, -0.05) is 17.7 Å². The van der Waals surface area contributed by atoms with Gasteiger partial charge in [0.05, 0.1) is 11.7 Å². The van der Waals surface area contributed by atoms with Gasteiger partial charge in [0.1, 0.15) is 0 Å². The number of hydrogen-bond acceptors (Lipinski definition) is 5. The molecule has 0 saturated carbocycles. The van der Waals surface area contributed by atoms with E-state index in [0.29, 0.717) is 28.8 Å². The second-order valence-electron chi connectivity index (χ2n) is 5.72. The summed E-state index contributed by atoms with van der Waals surface area (Å²) in [6.07, 6.45) is 5.35. The summed E-state index contributed by atoms with van der Waals surface area (Å²) in [6.45, 7) is 3.39. The third-order valence-corrected chi connectivity index (χ3v) is 4.11. The second kappa shape index (κ2) is 7.59. The average molecular weight is 347 g/mol. The van der Waals surface area contributed by atoms with E-state index < -0.39 is 0 Å². The van der Waals surface area contributed by atoms with Crippen LogP contribution in [0.2, 0.25) is 5.02 Å². The van der Waals surface area contributed by atoms with Crippen LogP contribution >= 0.6 is 11.6 Å². The van der Waals surface area contributed by atoms with E-state index in [1.807, 2.05) is 13.0 Å². The van der Waals surface area contributed by atoms with Gasteiger partial charge in [0.25, 0.3) is 5.91 Å². The number of hydrogen-bond donors (Lipinski definition) is 2. The van der Waals surface area contributed by atoms with Crippen molar-refractivity contribution in [1.82, 2.24) is 9.97 Å². The van der Waals surface area contributed by atoms with Gasteiger partial charge in [0, 0.05) is 36.3 Å². The molecule has 2 heterocycles.